The van der Waals surface area contributed by atoms with E-state index in [9.17, 15) is 0 Å². The van der Waals surface area contributed by atoms with Crippen molar-refractivity contribution in [3.63, 3.8) is 0 Å². The first-order valence-electron chi connectivity index (χ1n) is 6.92. The quantitative estimate of drug-likeness (QED) is 0.491. The Labute approximate surface area is 133 Å². The van der Waals surface area contributed by atoms with E-state index in [1.54, 1.807) is 0 Å². The van der Waals surface area contributed by atoms with E-state index >= 15 is 0 Å². The van der Waals surface area contributed by atoms with Crippen molar-refractivity contribution >= 4 is 29.0 Å². The molecule has 1 nitrogen and oxygen atoms in total. The average molecular weight is 387 g/mol. The normalized spacial score (nSPS) is 16.2. The number of aromatic nitrogens is 1. The van der Waals surface area contributed by atoms with Crippen molar-refractivity contribution in [3.8, 4) is 0 Å². The van der Waals surface area contributed by atoms with Gasteiger partial charge in [-0.25, -0.2) is 0 Å². The van der Waals surface area contributed by atoms with Crippen molar-refractivity contribution in [1.29, 1.82) is 0 Å². The van der Waals surface area contributed by atoms with E-state index in [1.807, 2.05) is 18.3 Å². The summed E-state index contributed by atoms with van der Waals surface area (Å²) in [6.45, 7) is 2.19. The van der Waals surface area contributed by atoms with Crippen LogP contribution in [0.2, 0.25) is 0 Å². The number of rotatable bonds is 2. The summed E-state index contributed by atoms with van der Waals surface area (Å²) in [4.78, 5) is 6.89. The van der Waals surface area contributed by atoms with Gasteiger partial charge < -0.3 is 0 Å². The van der Waals surface area contributed by atoms with Gasteiger partial charge in [0.15, 0.2) is 0 Å². The molecule has 0 atom stereocenters. The predicted octanol–water partition coefficient (Wildman–Crippen LogP) is 5.48. The van der Waals surface area contributed by atoms with E-state index in [-0.39, 0.29) is 0 Å². The Balaban J connectivity index is 2.10. The first kappa shape index (κ1) is 14.3. The number of benzene rings is 1. The molecular weight excluding hydrogens is 369 g/mol. The van der Waals surface area contributed by atoms with Crippen LogP contribution >= 0.6 is 19.8 Å². The van der Waals surface area contributed by atoms with Crippen LogP contribution in [0.4, 0.5) is 0 Å². The van der Waals surface area contributed by atoms with E-state index in [1.165, 1.54) is 20.3 Å². The van der Waals surface area contributed by atoms with E-state index < -0.39 is 19.8 Å². The summed E-state index contributed by atoms with van der Waals surface area (Å²) in [7, 11) is 0. The van der Waals surface area contributed by atoms with Crippen molar-refractivity contribution in [2.45, 2.75) is 6.92 Å². The van der Waals surface area contributed by atoms with Crippen LogP contribution in [0.25, 0.3) is 9.15 Å². The molecule has 1 aliphatic rings. The Bertz CT molecular complexity index is 726. The molecule has 0 unspecified atom stereocenters. The Hall–Kier alpha value is -1.68. The molecule has 3 rings (SSSR count). The van der Waals surface area contributed by atoms with Crippen LogP contribution in [-0.4, -0.2) is 9.91 Å². The Morgan fingerprint density at radius 2 is 1.81 bits per heavy atom. The Morgan fingerprint density at radius 3 is 2.57 bits per heavy atom. The Morgan fingerprint density at radius 1 is 1.00 bits per heavy atom. The summed E-state index contributed by atoms with van der Waals surface area (Å²) in [5.41, 5.74) is 4.98. The number of aryl methyl sites for hydroxylation is 1. The van der Waals surface area contributed by atoms with Crippen LogP contribution in [0.3, 0.4) is 0 Å². The summed E-state index contributed by atoms with van der Waals surface area (Å²) in [5, 5.41) is 0. The second-order valence-corrected chi connectivity index (χ2v) is 9.81. The van der Waals surface area contributed by atoms with Gasteiger partial charge >= 0.3 is 134 Å². The third-order valence-corrected chi connectivity index (χ3v) is 7.72. The van der Waals surface area contributed by atoms with Gasteiger partial charge in [0.2, 0.25) is 0 Å². The fourth-order valence-corrected chi connectivity index (χ4v) is 5.93. The molecule has 0 amide bonds. The first-order valence-corrected chi connectivity index (χ1v) is 11.4. The minimum absolute atomic E-state index is 1.04. The summed E-state index contributed by atoms with van der Waals surface area (Å²) < 4.78 is 3.90. The van der Waals surface area contributed by atoms with Gasteiger partial charge in [-0.1, -0.05) is 0 Å². The molecule has 2 heteroatoms. The van der Waals surface area contributed by atoms with E-state index in [2.05, 4.69) is 69.5 Å². The van der Waals surface area contributed by atoms with Gasteiger partial charge in [-0.3, -0.25) is 0 Å². The third-order valence-electron chi connectivity index (χ3n) is 3.50. The maximum atomic E-state index is 4.49. The number of pyridine rings is 1. The molecule has 0 fully saturated rings. The molecule has 0 spiro atoms. The minimum atomic E-state index is -1.26. The molecule has 0 N–H and O–H groups in total. The number of hydrogen-bond acceptors (Lipinski definition) is 1. The van der Waals surface area contributed by atoms with Crippen LogP contribution < -0.4 is 0 Å². The van der Waals surface area contributed by atoms with Gasteiger partial charge in [-0.2, -0.15) is 0 Å². The first-order chi connectivity index (χ1) is 10.3. The molecule has 106 valence electrons. The molecular formula is C19H18IN. The SMILES string of the molecule is Cc1ccccc1C1=CC(c2ccccn2)=CC=CI1C. The fraction of sp³-hybridized carbons (Fsp3) is 0.105. The van der Waals surface area contributed by atoms with Crippen LogP contribution in [0.15, 0.2) is 71.0 Å². The fourth-order valence-electron chi connectivity index (χ4n) is 2.36. The van der Waals surface area contributed by atoms with Crippen LogP contribution in [-0.2, 0) is 0 Å². The number of halogens is 1. The molecule has 0 aliphatic carbocycles. The number of allylic oxidation sites excluding steroid dienone is 4. The molecule has 1 aromatic heterocycles. The summed E-state index contributed by atoms with van der Waals surface area (Å²) in [5.74, 6) is 0. The van der Waals surface area contributed by atoms with Crippen LogP contribution in [0, 0.1) is 6.92 Å². The molecule has 2 heterocycles. The van der Waals surface area contributed by atoms with Crippen LogP contribution in [0.1, 0.15) is 16.8 Å². The van der Waals surface area contributed by atoms with E-state index in [0.29, 0.717) is 0 Å². The summed E-state index contributed by atoms with van der Waals surface area (Å²) in [6.07, 6.45) is 8.59. The van der Waals surface area contributed by atoms with Crippen molar-refractivity contribution in [2.75, 3.05) is 4.93 Å². The van der Waals surface area contributed by atoms with Crippen LogP contribution in [0.5, 0.6) is 0 Å². The second-order valence-electron chi connectivity index (χ2n) is 4.98. The standard InChI is InChI=1S/C19H18IN/c1-15-8-3-4-10-17(15)18-14-16(9-7-12-20(18)2)19-11-5-6-13-21-19/h3-14H,1-2H3. The van der Waals surface area contributed by atoms with Gasteiger partial charge in [-0.05, 0) is 0 Å². The van der Waals surface area contributed by atoms with Crippen molar-refractivity contribution in [3.05, 3.63) is 87.8 Å². The monoisotopic (exact) mass is 387 g/mol. The average Bonchev–Trinajstić information content (AvgIpc) is 2.71. The molecule has 0 bridgehead atoms. The molecule has 0 saturated carbocycles. The zero-order chi connectivity index (χ0) is 14.7. The number of alkyl halides is 1. The van der Waals surface area contributed by atoms with Crippen molar-refractivity contribution < 1.29 is 0 Å². The third kappa shape index (κ3) is 3.16. The Kier molecular flexibility index (Phi) is 4.34. The van der Waals surface area contributed by atoms with Crippen molar-refractivity contribution in [2.24, 2.45) is 0 Å². The number of nitrogens with zero attached hydrogens (tertiary/aromatic N) is 1. The number of hydrogen-bond donors (Lipinski definition) is 0. The summed E-state index contributed by atoms with van der Waals surface area (Å²) >= 11 is -1.26. The topological polar surface area (TPSA) is 12.9 Å². The second kappa shape index (κ2) is 6.39. The van der Waals surface area contributed by atoms with Crippen molar-refractivity contribution in [1.82, 2.24) is 4.98 Å². The molecule has 0 radical (unpaired) electrons. The maximum absolute atomic E-state index is 4.49. The van der Waals surface area contributed by atoms with Gasteiger partial charge in [0, 0.05) is 0 Å². The molecule has 21 heavy (non-hydrogen) atoms. The van der Waals surface area contributed by atoms with Gasteiger partial charge in [0.25, 0.3) is 0 Å². The zero-order valence-electron chi connectivity index (χ0n) is 12.3. The van der Waals surface area contributed by atoms with Gasteiger partial charge in [0.05, 0.1) is 0 Å². The zero-order valence-corrected chi connectivity index (χ0v) is 14.4. The molecule has 2 aromatic rings. The van der Waals surface area contributed by atoms with Gasteiger partial charge in [0.1, 0.15) is 0 Å². The molecule has 1 aliphatic heterocycles. The van der Waals surface area contributed by atoms with Gasteiger partial charge in [-0.15, -0.1) is 0 Å². The molecule has 0 saturated heterocycles. The van der Waals surface area contributed by atoms with E-state index in [0.717, 1.165) is 5.69 Å². The summed E-state index contributed by atoms with van der Waals surface area (Å²) in [6, 6.07) is 14.7. The predicted molar refractivity (Wildman–Crippen MR) is 100 cm³/mol. The molecule has 1 aromatic carbocycles. The van der Waals surface area contributed by atoms with E-state index in [4.69, 9.17) is 0 Å².